The Morgan fingerprint density at radius 3 is 2.36 bits per heavy atom. The number of fused-ring (bicyclic) bond motifs is 3. The van der Waals surface area contributed by atoms with Gasteiger partial charge in [0.05, 0.1) is 0 Å². The van der Waals surface area contributed by atoms with Crippen LogP contribution in [0.15, 0.2) is 30.3 Å². The number of piperidine rings is 3. The molecule has 0 amide bonds. The van der Waals surface area contributed by atoms with Gasteiger partial charge in [0, 0.05) is 25.5 Å². The number of benzene rings is 1. The molecule has 0 aromatic heterocycles. The Balaban J connectivity index is 1.63. The Kier molecular flexibility index (Phi) is 5.15. The lowest BCUT2D eigenvalue weighted by molar-refractivity contribution is -0.0962. The molecule has 2 nitrogen and oxygen atoms in total. The van der Waals surface area contributed by atoms with Crippen LogP contribution >= 0.6 is 0 Å². The van der Waals surface area contributed by atoms with E-state index < -0.39 is 0 Å². The highest BCUT2D eigenvalue weighted by Crippen LogP contribution is 2.39. The smallest absolute Gasteiger partial charge is 0.143 e. The normalized spacial score (nSPS) is 33.5. The lowest BCUT2D eigenvalue weighted by Gasteiger charge is -2.49. The molecule has 0 N–H and O–H groups in total. The maximum Gasteiger partial charge on any atom is 0.143 e. The molecule has 1 aromatic rings. The van der Waals surface area contributed by atoms with Crippen molar-refractivity contribution in [2.75, 3.05) is 26.7 Å². The summed E-state index contributed by atoms with van der Waals surface area (Å²) >= 11 is 0. The van der Waals surface area contributed by atoms with Crippen LogP contribution in [0, 0.1) is 23.7 Å². The Morgan fingerprint density at radius 1 is 1.04 bits per heavy atom. The van der Waals surface area contributed by atoms with Crippen molar-refractivity contribution in [3.05, 3.63) is 35.9 Å². The summed E-state index contributed by atoms with van der Waals surface area (Å²) in [6.07, 6.45) is 9.24. The largest absolute Gasteiger partial charge is 0.364 e. The zero-order valence-electron chi connectivity index (χ0n) is 15.5. The average molecular weight is 338 g/mol. The minimum Gasteiger partial charge on any atom is -0.364 e. The monoisotopic (exact) mass is 337 g/mol. The van der Waals surface area contributed by atoms with Gasteiger partial charge in [-0.25, -0.2) is 0 Å². The average Bonchev–Trinajstić information content (AvgIpc) is 2.71. The van der Waals surface area contributed by atoms with E-state index in [0.717, 1.165) is 6.54 Å². The first kappa shape index (κ1) is 17.1. The van der Waals surface area contributed by atoms with Gasteiger partial charge in [-0.3, -0.25) is 4.90 Å². The van der Waals surface area contributed by atoms with Crippen molar-refractivity contribution >= 4 is 0 Å². The molecule has 2 heteroatoms. The van der Waals surface area contributed by atoms with Crippen LogP contribution < -0.4 is 0 Å². The molecule has 3 aliphatic heterocycles. The third-order valence-electron chi connectivity index (χ3n) is 6.79. The van der Waals surface area contributed by atoms with E-state index in [9.17, 15) is 0 Å². The predicted molar refractivity (Wildman–Crippen MR) is 102 cm³/mol. The van der Waals surface area contributed by atoms with E-state index in [0.29, 0.717) is 17.8 Å². The van der Waals surface area contributed by atoms with Crippen LogP contribution in [0.3, 0.4) is 0 Å². The highest BCUT2D eigenvalue weighted by Gasteiger charge is 2.46. The number of hydrogen-bond acceptors (Lipinski definition) is 2. The maximum absolute atomic E-state index is 6.07. The number of hydrogen-bond donors (Lipinski definition) is 0. The summed E-state index contributed by atoms with van der Waals surface area (Å²) in [6, 6.07) is 11.0. The van der Waals surface area contributed by atoms with Crippen LogP contribution in [0.5, 0.6) is 0 Å². The van der Waals surface area contributed by atoms with Crippen molar-refractivity contribution < 1.29 is 4.74 Å². The van der Waals surface area contributed by atoms with Gasteiger partial charge < -0.3 is 4.74 Å². The second-order valence-electron chi connectivity index (χ2n) is 8.20. The van der Waals surface area contributed by atoms with E-state index in [1.807, 2.05) is 7.11 Å². The summed E-state index contributed by atoms with van der Waals surface area (Å²) in [4.78, 5) is 2.54. The number of rotatable bonds is 3. The summed E-state index contributed by atoms with van der Waals surface area (Å²) in [5.41, 5.74) is 1.16. The minimum atomic E-state index is -0.238. The summed E-state index contributed by atoms with van der Waals surface area (Å²) < 4.78 is 6.07. The van der Waals surface area contributed by atoms with Gasteiger partial charge in [-0.15, -0.1) is 0 Å². The summed E-state index contributed by atoms with van der Waals surface area (Å²) in [5.74, 6) is 9.13. The van der Waals surface area contributed by atoms with Gasteiger partial charge in [-0.05, 0) is 50.3 Å². The Labute approximate surface area is 152 Å². The van der Waals surface area contributed by atoms with Crippen LogP contribution in [0.25, 0.3) is 0 Å². The van der Waals surface area contributed by atoms with Crippen molar-refractivity contribution in [2.24, 2.45) is 11.8 Å². The zero-order chi connectivity index (χ0) is 17.1. The molecule has 1 aliphatic carbocycles. The third-order valence-corrected chi connectivity index (χ3v) is 6.79. The number of methoxy groups -OCH3 is 1. The van der Waals surface area contributed by atoms with Crippen molar-refractivity contribution in [3.8, 4) is 11.8 Å². The molecule has 1 unspecified atom stereocenters. The van der Waals surface area contributed by atoms with E-state index in [4.69, 9.17) is 4.74 Å². The van der Waals surface area contributed by atoms with Gasteiger partial charge in [-0.2, -0.15) is 0 Å². The predicted octanol–water partition coefficient (Wildman–Crippen LogP) is 4.46. The van der Waals surface area contributed by atoms with Gasteiger partial charge in [-0.1, -0.05) is 61.4 Å². The molecule has 4 aliphatic rings. The Morgan fingerprint density at radius 2 is 1.76 bits per heavy atom. The molecule has 4 fully saturated rings. The fourth-order valence-corrected chi connectivity index (χ4v) is 5.24. The molecule has 5 rings (SSSR count). The number of nitrogens with zero attached hydrogens (tertiary/aromatic N) is 1. The van der Waals surface area contributed by atoms with Crippen LogP contribution in [-0.4, -0.2) is 37.2 Å². The van der Waals surface area contributed by atoms with E-state index in [1.54, 1.807) is 0 Å². The molecule has 1 aromatic carbocycles. The fraction of sp³-hybridized carbons (Fsp3) is 0.652. The molecular formula is C23H31NO. The molecule has 1 saturated carbocycles. The molecular weight excluding hydrogens is 306 g/mol. The molecule has 2 bridgehead atoms. The second-order valence-corrected chi connectivity index (χ2v) is 8.20. The van der Waals surface area contributed by atoms with Crippen molar-refractivity contribution in [2.45, 2.75) is 56.5 Å². The van der Waals surface area contributed by atoms with Gasteiger partial charge in [0.1, 0.15) is 5.60 Å². The van der Waals surface area contributed by atoms with Gasteiger partial charge >= 0.3 is 0 Å². The minimum absolute atomic E-state index is 0.238. The lowest BCUT2D eigenvalue weighted by atomic mass is 9.73. The first-order valence-electron chi connectivity index (χ1n) is 10.2. The zero-order valence-corrected chi connectivity index (χ0v) is 15.5. The van der Waals surface area contributed by atoms with Gasteiger partial charge in [0.15, 0.2) is 0 Å². The topological polar surface area (TPSA) is 12.5 Å². The van der Waals surface area contributed by atoms with Crippen LogP contribution in [0.1, 0.15) is 56.4 Å². The highest BCUT2D eigenvalue weighted by atomic mass is 16.5. The standard InChI is InChI=1S/C23H31NO/c1-25-23(18-24-16-13-21(23)14-17-24)15-12-22(19-8-4-2-5-9-19)20-10-6-3-7-11-20/h2,4-5,8-9,20-22H,3,6-7,10-11,13-14,16-18H2,1H3/t22-,23?/m0/s1. The lowest BCUT2D eigenvalue weighted by Crippen LogP contribution is -2.59. The molecule has 25 heavy (non-hydrogen) atoms. The Hall–Kier alpha value is -1.30. The Bertz CT molecular complexity index is 616. The van der Waals surface area contributed by atoms with Crippen LogP contribution in [0.4, 0.5) is 0 Å². The molecule has 3 heterocycles. The molecule has 134 valence electrons. The maximum atomic E-state index is 6.07. The first-order chi connectivity index (χ1) is 12.3. The summed E-state index contributed by atoms with van der Waals surface area (Å²) in [7, 11) is 1.87. The van der Waals surface area contributed by atoms with E-state index in [2.05, 4.69) is 47.1 Å². The molecule has 3 saturated heterocycles. The second kappa shape index (κ2) is 7.52. The molecule has 2 atom stereocenters. The van der Waals surface area contributed by atoms with Crippen molar-refractivity contribution in [1.82, 2.24) is 4.90 Å². The number of ether oxygens (including phenoxy) is 1. The quantitative estimate of drug-likeness (QED) is 0.755. The van der Waals surface area contributed by atoms with E-state index in [1.165, 1.54) is 63.6 Å². The fourth-order valence-electron chi connectivity index (χ4n) is 5.24. The van der Waals surface area contributed by atoms with Gasteiger partial charge in [0.25, 0.3) is 0 Å². The molecule has 0 spiro atoms. The van der Waals surface area contributed by atoms with Crippen LogP contribution in [0.2, 0.25) is 0 Å². The first-order valence-corrected chi connectivity index (χ1v) is 10.2. The highest BCUT2D eigenvalue weighted by molar-refractivity contribution is 5.32. The van der Waals surface area contributed by atoms with Gasteiger partial charge in [0.2, 0.25) is 0 Å². The summed E-state index contributed by atoms with van der Waals surface area (Å²) in [5, 5.41) is 0. The van der Waals surface area contributed by atoms with Crippen molar-refractivity contribution in [3.63, 3.8) is 0 Å². The van der Waals surface area contributed by atoms with Crippen LogP contribution in [-0.2, 0) is 4.74 Å². The van der Waals surface area contributed by atoms with E-state index in [-0.39, 0.29) is 5.60 Å². The SMILES string of the molecule is COC1(C#C[C@@H](c2ccccc2)C2CCCCC2)CN2CCC1CC2. The summed E-state index contributed by atoms with van der Waals surface area (Å²) in [6.45, 7) is 3.44. The third kappa shape index (κ3) is 3.50. The van der Waals surface area contributed by atoms with E-state index >= 15 is 0 Å². The van der Waals surface area contributed by atoms with Crippen molar-refractivity contribution in [1.29, 1.82) is 0 Å². The molecule has 0 radical (unpaired) electrons.